The summed E-state index contributed by atoms with van der Waals surface area (Å²) in [4.78, 5) is 10.1. The zero-order chi connectivity index (χ0) is 10.1. The maximum Gasteiger partial charge on any atom is 0.304 e. The normalized spacial score (nSPS) is 10.1. The van der Waals surface area contributed by atoms with Gasteiger partial charge in [0.1, 0.15) is 0 Å². The van der Waals surface area contributed by atoms with Crippen LogP contribution in [0, 0.1) is 17.8 Å². The predicted octanol–water partition coefficient (Wildman–Crippen LogP) is 2.46. The van der Waals surface area contributed by atoms with Crippen LogP contribution in [-0.2, 0) is 4.79 Å². The maximum atomic E-state index is 10.1. The van der Waals surface area contributed by atoms with Gasteiger partial charge in [0.2, 0.25) is 0 Å². The summed E-state index contributed by atoms with van der Waals surface area (Å²) in [6, 6.07) is 0. The van der Waals surface area contributed by atoms with Gasteiger partial charge in [0.25, 0.3) is 0 Å². The van der Waals surface area contributed by atoms with Gasteiger partial charge in [-0.2, -0.15) is 0 Å². The number of aliphatic carboxylic acids is 1. The number of rotatable bonds is 4. The summed E-state index contributed by atoms with van der Waals surface area (Å²) in [5, 5.41) is 8.30. The molecule has 2 nitrogen and oxygen atoms in total. The standard InChI is InChI=1S/C11H16O2/c1-10(2)8-6-4-3-5-7-9-11(12)13/h4,6,10H,7-9H2,1-2H3,(H,12,13). The molecule has 72 valence electrons. The highest BCUT2D eigenvalue weighted by atomic mass is 16.4. The van der Waals surface area contributed by atoms with Crippen LogP contribution in [0.25, 0.3) is 0 Å². The highest BCUT2D eigenvalue weighted by molar-refractivity contribution is 5.67. The Bertz CT molecular complexity index is 228. The summed E-state index contributed by atoms with van der Waals surface area (Å²) >= 11 is 0. The Morgan fingerprint density at radius 3 is 2.77 bits per heavy atom. The first kappa shape index (κ1) is 11.8. The van der Waals surface area contributed by atoms with Crippen LogP contribution in [0.3, 0.4) is 0 Å². The Labute approximate surface area is 79.7 Å². The van der Waals surface area contributed by atoms with Gasteiger partial charge in [-0.3, -0.25) is 4.79 Å². The molecule has 2 heteroatoms. The highest BCUT2D eigenvalue weighted by Crippen LogP contribution is 1.98. The average Bonchev–Trinajstić information content (AvgIpc) is 2.01. The van der Waals surface area contributed by atoms with Crippen molar-refractivity contribution in [3.8, 4) is 11.8 Å². The van der Waals surface area contributed by atoms with E-state index in [-0.39, 0.29) is 6.42 Å². The van der Waals surface area contributed by atoms with Crippen molar-refractivity contribution in [1.29, 1.82) is 0 Å². The second-order valence-corrected chi connectivity index (χ2v) is 3.25. The first-order valence-corrected chi connectivity index (χ1v) is 4.48. The molecule has 0 radical (unpaired) electrons. The lowest BCUT2D eigenvalue weighted by Gasteiger charge is -1.93. The molecule has 0 aromatic heterocycles. The number of allylic oxidation sites excluding steroid dienone is 2. The highest BCUT2D eigenvalue weighted by Gasteiger charge is 1.90. The van der Waals surface area contributed by atoms with E-state index in [0.29, 0.717) is 12.3 Å². The zero-order valence-corrected chi connectivity index (χ0v) is 8.21. The molecule has 0 saturated heterocycles. The summed E-state index contributed by atoms with van der Waals surface area (Å²) in [6.45, 7) is 4.28. The smallest absolute Gasteiger partial charge is 0.304 e. The molecule has 0 heterocycles. The Hall–Kier alpha value is -1.23. The molecule has 13 heavy (non-hydrogen) atoms. The lowest BCUT2D eigenvalue weighted by molar-refractivity contribution is -0.136. The molecular formula is C11H16O2. The number of carbonyl (C=O) groups is 1. The van der Waals surface area contributed by atoms with Crippen molar-refractivity contribution < 1.29 is 9.90 Å². The molecule has 0 saturated carbocycles. The van der Waals surface area contributed by atoms with E-state index in [4.69, 9.17) is 5.11 Å². The number of carboxylic acid groups (broad SMARTS) is 1. The third-order valence-corrected chi connectivity index (χ3v) is 1.37. The van der Waals surface area contributed by atoms with Crippen LogP contribution in [0.4, 0.5) is 0 Å². The summed E-state index contributed by atoms with van der Waals surface area (Å²) in [7, 11) is 0. The summed E-state index contributed by atoms with van der Waals surface area (Å²) < 4.78 is 0. The predicted molar refractivity (Wildman–Crippen MR) is 53.2 cm³/mol. The van der Waals surface area contributed by atoms with Crippen LogP contribution in [-0.4, -0.2) is 11.1 Å². The molecule has 0 amide bonds. The minimum Gasteiger partial charge on any atom is -0.481 e. The minimum atomic E-state index is -0.791. The monoisotopic (exact) mass is 180 g/mol. The van der Waals surface area contributed by atoms with E-state index in [1.807, 2.05) is 6.08 Å². The van der Waals surface area contributed by atoms with E-state index < -0.39 is 5.97 Å². The van der Waals surface area contributed by atoms with Crippen LogP contribution >= 0.6 is 0 Å². The molecule has 0 aliphatic rings. The molecule has 0 aliphatic carbocycles. The molecule has 0 rings (SSSR count). The molecule has 0 aromatic carbocycles. The third-order valence-electron chi connectivity index (χ3n) is 1.37. The van der Waals surface area contributed by atoms with E-state index in [2.05, 4.69) is 25.7 Å². The van der Waals surface area contributed by atoms with Crippen molar-refractivity contribution in [3.05, 3.63) is 12.2 Å². The fraction of sp³-hybridized carbons (Fsp3) is 0.545. The fourth-order valence-electron chi connectivity index (χ4n) is 0.700. The quantitative estimate of drug-likeness (QED) is 0.675. The Kier molecular flexibility index (Phi) is 6.72. The van der Waals surface area contributed by atoms with Gasteiger partial charge in [-0.05, 0) is 18.4 Å². The van der Waals surface area contributed by atoms with Crippen molar-refractivity contribution in [2.75, 3.05) is 0 Å². The molecule has 0 atom stereocenters. The van der Waals surface area contributed by atoms with Crippen molar-refractivity contribution in [3.63, 3.8) is 0 Å². The number of hydrogen-bond acceptors (Lipinski definition) is 1. The molecule has 0 fully saturated rings. The van der Waals surface area contributed by atoms with Crippen molar-refractivity contribution in [2.45, 2.75) is 33.1 Å². The molecule has 0 unspecified atom stereocenters. The largest absolute Gasteiger partial charge is 0.481 e. The lowest BCUT2D eigenvalue weighted by atomic mass is 10.1. The summed E-state index contributed by atoms with van der Waals surface area (Å²) in [6.07, 6.45) is 5.39. The van der Waals surface area contributed by atoms with E-state index >= 15 is 0 Å². The number of hydrogen-bond donors (Lipinski definition) is 1. The Morgan fingerprint density at radius 2 is 2.23 bits per heavy atom. The van der Waals surface area contributed by atoms with Gasteiger partial charge in [0, 0.05) is 6.42 Å². The molecule has 0 aliphatic heterocycles. The Morgan fingerprint density at radius 1 is 1.54 bits per heavy atom. The molecule has 1 N–H and O–H groups in total. The molecule has 0 aromatic rings. The van der Waals surface area contributed by atoms with Crippen molar-refractivity contribution >= 4 is 5.97 Å². The van der Waals surface area contributed by atoms with E-state index in [0.717, 1.165) is 6.42 Å². The molecule has 0 spiro atoms. The molecule has 0 bridgehead atoms. The second-order valence-electron chi connectivity index (χ2n) is 3.25. The fourth-order valence-corrected chi connectivity index (χ4v) is 0.700. The van der Waals surface area contributed by atoms with E-state index in [1.165, 1.54) is 0 Å². The Balaban J connectivity index is 3.49. The minimum absolute atomic E-state index is 0.130. The van der Waals surface area contributed by atoms with Crippen molar-refractivity contribution in [2.24, 2.45) is 5.92 Å². The maximum absolute atomic E-state index is 10.1. The SMILES string of the molecule is CC(C)CC=CC#CCCC(=O)O. The number of carboxylic acids is 1. The average molecular weight is 180 g/mol. The first-order valence-electron chi connectivity index (χ1n) is 4.48. The van der Waals surface area contributed by atoms with Gasteiger partial charge >= 0.3 is 5.97 Å². The summed E-state index contributed by atoms with van der Waals surface area (Å²) in [5.41, 5.74) is 0. The van der Waals surface area contributed by atoms with Gasteiger partial charge in [0.15, 0.2) is 0 Å². The summed E-state index contributed by atoms with van der Waals surface area (Å²) in [5.74, 6) is 5.43. The topological polar surface area (TPSA) is 37.3 Å². The lowest BCUT2D eigenvalue weighted by Crippen LogP contribution is -1.91. The van der Waals surface area contributed by atoms with E-state index in [1.54, 1.807) is 6.08 Å². The van der Waals surface area contributed by atoms with E-state index in [9.17, 15) is 4.79 Å². The van der Waals surface area contributed by atoms with Crippen LogP contribution in [0.15, 0.2) is 12.2 Å². The van der Waals surface area contributed by atoms with Crippen LogP contribution in [0.2, 0.25) is 0 Å². The van der Waals surface area contributed by atoms with Crippen molar-refractivity contribution in [1.82, 2.24) is 0 Å². The van der Waals surface area contributed by atoms with Crippen LogP contribution < -0.4 is 0 Å². The molecular weight excluding hydrogens is 164 g/mol. The zero-order valence-electron chi connectivity index (χ0n) is 8.21. The van der Waals surface area contributed by atoms with Gasteiger partial charge in [-0.25, -0.2) is 0 Å². The van der Waals surface area contributed by atoms with Gasteiger partial charge < -0.3 is 5.11 Å². The van der Waals surface area contributed by atoms with Gasteiger partial charge in [0.05, 0.1) is 6.42 Å². The second kappa shape index (κ2) is 7.42. The van der Waals surface area contributed by atoms with Crippen LogP contribution in [0.1, 0.15) is 33.1 Å². The third kappa shape index (κ3) is 10.8. The van der Waals surface area contributed by atoms with Gasteiger partial charge in [-0.15, -0.1) is 0 Å². The van der Waals surface area contributed by atoms with Gasteiger partial charge in [-0.1, -0.05) is 31.8 Å². The van der Waals surface area contributed by atoms with Crippen LogP contribution in [0.5, 0.6) is 0 Å². The first-order chi connectivity index (χ1) is 6.13.